The van der Waals surface area contributed by atoms with Crippen molar-refractivity contribution >= 4 is 22.8 Å². The lowest BCUT2D eigenvalue weighted by molar-refractivity contribution is 0.233. The van der Waals surface area contributed by atoms with Crippen LogP contribution in [-0.2, 0) is 13.1 Å². The van der Waals surface area contributed by atoms with Gasteiger partial charge in [-0.1, -0.05) is 25.8 Å². The minimum atomic E-state index is 0.293. The van der Waals surface area contributed by atoms with Crippen LogP contribution in [0.4, 0.5) is 11.8 Å². The van der Waals surface area contributed by atoms with E-state index < -0.39 is 0 Å². The second-order valence-electron chi connectivity index (χ2n) is 8.97. The summed E-state index contributed by atoms with van der Waals surface area (Å²) in [6, 6.07) is 8.83. The molecule has 4 N–H and O–H groups in total. The fraction of sp³-hybridized carbons (Fsp3) is 0.520. The number of rotatable bonds is 10. The van der Waals surface area contributed by atoms with Gasteiger partial charge in [0.15, 0.2) is 5.82 Å². The number of hydrogen-bond acceptors (Lipinski definition) is 7. The lowest BCUT2D eigenvalue weighted by Crippen LogP contribution is -2.42. The molecule has 1 aliphatic heterocycles. The fourth-order valence-corrected chi connectivity index (χ4v) is 4.54. The quantitative estimate of drug-likeness (QED) is 0.435. The van der Waals surface area contributed by atoms with Crippen molar-refractivity contribution in [1.82, 2.24) is 24.8 Å². The monoisotopic (exact) mass is 451 g/mol. The average Bonchev–Trinajstić information content (AvgIpc) is 3.21. The number of nitrogen functional groups attached to an aromatic ring is 1. The third-order valence-corrected chi connectivity index (χ3v) is 6.30. The molecule has 1 aromatic carbocycles. The Labute approximate surface area is 196 Å². The summed E-state index contributed by atoms with van der Waals surface area (Å²) in [6.45, 7) is 10.3. The van der Waals surface area contributed by atoms with E-state index in [1.54, 1.807) is 7.11 Å². The van der Waals surface area contributed by atoms with Crippen LogP contribution in [0.3, 0.4) is 0 Å². The number of nitrogens with one attached hydrogen (secondary N) is 2. The number of unbranched alkanes of at least 4 members (excludes halogenated alkanes) is 1. The Balaban J connectivity index is 1.62. The van der Waals surface area contributed by atoms with E-state index in [4.69, 9.17) is 10.5 Å². The van der Waals surface area contributed by atoms with Crippen LogP contribution in [0.2, 0.25) is 0 Å². The molecule has 0 amide bonds. The van der Waals surface area contributed by atoms with Crippen molar-refractivity contribution in [2.75, 3.05) is 44.3 Å². The van der Waals surface area contributed by atoms with E-state index >= 15 is 0 Å². The molecule has 1 fully saturated rings. The number of fused-ring (bicyclic) bond motifs is 1. The summed E-state index contributed by atoms with van der Waals surface area (Å²) in [6.07, 6.45) is 5.50. The van der Waals surface area contributed by atoms with Crippen LogP contribution in [0, 0.1) is 0 Å². The lowest BCUT2D eigenvalue weighted by atomic mass is 10.1. The van der Waals surface area contributed by atoms with Crippen LogP contribution < -0.4 is 21.1 Å². The van der Waals surface area contributed by atoms with E-state index in [2.05, 4.69) is 68.3 Å². The maximum absolute atomic E-state index is 6.02. The number of ether oxygens (including phenoxy) is 1. The van der Waals surface area contributed by atoms with Gasteiger partial charge in [0.1, 0.15) is 11.3 Å². The summed E-state index contributed by atoms with van der Waals surface area (Å²) in [7, 11) is 1.73. The summed E-state index contributed by atoms with van der Waals surface area (Å²) in [4.78, 5) is 11.5. The van der Waals surface area contributed by atoms with Gasteiger partial charge in [0, 0.05) is 50.5 Å². The van der Waals surface area contributed by atoms with Crippen LogP contribution in [0.1, 0.15) is 44.2 Å². The normalized spacial score (nSPS) is 15.6. The van der Waals surface area contributed by atoms with Crippen molar-refractivity contribution in [3.8, 4) is 5.75 Å². The summed E-state index contributed by atoms with van der Waals surface area (Å²) in [5, 5.41) is 6.99. The first-order valence-corrected chi connectivity index (χ1v) is 12.0. The molecule has 178 valence electrons. The first kappa shape index (κ1) is 23.3. The number of methoxy groups -OCH3 is 1. The molecule has 0 unspecified atom stereocenters. The average molecular weight is 452 g/mol. The number of piperazine rings is 1. The molecule has 1 atom stereocenters. The van der Waals surface area contributed by atoms with E-state index in [-0.39, 0.29) is 0 Å². The highest BCUT2D eigenvalue weighted by molar-refractivity contribution is 5.87. The van der Waals surface area contributed by atoms with Crippen LogP contribution in [-0.4, -0.2) is 58.8 Å². The molecule has 1 aliphatic rings. The molecule has 4 rings (SSSR count). The van der Waals surface area contributed by atoms with Crippen molar-refractivity contribution in [2.45, 2.75) is 52.2 Å². The predicted molar refractivity (Wildman–Crippen MR) is 135 cm³/mol. The molecule has 0 saturated carbocycles. The zero-order valence-corrected chi connectivity index (χ0v) is 20.1. The second kappa shape index (κ2) is 10.9. The minimum absolute atomic E-state index is 0.293. The molecule has 3 aromatic rings. The zero-order valence-electron chi connectivity index (χ0n) is 20.1. The van der Waals surface area contributed by atoms with Crippen molar-refractivity contribution < 1.29 is 4.74 Å². The van der Waals surface area contributed by atoms with E-state index in [0.717, 1.165) is 67.3 Å². The maximum Gasteiger partial charge on any atom is 0.222 e. The Hall–Kier alpha value is -2.84. The first-order valence-electron chi connectivity index (χ1n) is 12.0. The van der Waals surface area contributed by atoms with E-state index in [1.807, 2.05) is 6.07 Å². The Kier molecular flexibility index (Phi) is 7.67. The summed E-state index contributed by atoms with van der Waals surface area (Å²) >= 11 is 0. The van der Waals surface area contributed by atoms with Crippen molar-refractivity contribution in [3.63, 3.8) is 0 Å². The molecular formula is C25H37N7O. The van der Waals surface area contributed by atoms with Crippen LogP contribution in [0.25, 0.3) is 11.0 Å². The molecule has 1 saturated heterocycles. The van der Waals surface area contributed by atoms with Gasteiger partial charge in [-0.25, -0.2) is 4.98 Å². The highest BCUT2D eigenvalue weighted by Crippen LogP contribution is 2.28. The number of hydrogen-bond donors (Lipinski definition) is 3. The largest absolute Gasteiger partial charge is 0.496 e. The van der Waals surface area contributed by atoms with Crippen LogP contribution in [0.15, 0.2) is 30.5 Å². The molecule has 0 aliphatic carbocycles. The topological polar surface area (TPSA) is 93.3 Å². The SMILES string of the molecule is CCCC[C@H](C)Nc1nc(N)nc2ccn(Cc3cc(CN4CCNCC4)ccc3OC)c12. The van der Waals surface area contributed by atoms with Gasteiger partial charge < -0.3 is 25.7 Å². The summed E-state index contributed by atoms with van der Waals surface area (Å²) in [5.74, 6) is 1.98. The predicted octanol–water partition coefficient (Wildman–Crippen LogP) is 3.47. The molecular weight excluding hydrogens is 414 g/mol. The third kappa shape index (κ3) is 5.75. The Morgan fingerprint density at radius 1 is 1.18 bits per heavy atom. The summed E-state index contributed by atoms with van der Waals surface area (Å²) < 4.78 is 7.90. The Morgan fingerprint density at radius 3 is 2.76 bits per heavy atom. The van der Waals surface area contributed by atoms with Crippen LogP contribution in [0.5, 0.6) is 5.75 Å². The van der Waals surface area contributed by atoms with Gasteiger partial charge >= 0.3 is 0 Å². The zero-order chi connectivity index (χ0) is 23.2. The molecule has 0 spiro atoms. The third-order valence-electron chi connectivity index (χ3n) is 6.30. The maximum atomic E-state index is 6.02. The number of anilines is 2. The van der Waals surface area contributed by atoms with E-state index in [9.17, 15) is 0 Å². The first-order chi connectivity index (χ1) is 16.1. The molecule has 33 heavy (non-hydrogen) atoms. The molecule has 8 heteroatoms. The van der Waals surface area contributed by atoms with E-state index in [0.29, 0.717) is 18.5 Å². The molecule has 2 aromatic heterocycles. The lowest BCUT2D eigenvalue weighted by Gasteiger charge is -2.27. The Bertz CT molecular complexity index is 1060. The van der Waals surface area contributed by atoms with Crippen LogP contribution >= 0.6 is 0 Å². The standard InChI is InChI=1S/C25H37N7O/c1-4-5-6-18(2)28-24-23-21(29-25(26)30-24)9-12-32(23)17-20-15-19(7-8-22(20)33-3)16-31-13-10-27-11-14-31/h7-9,12,15,18,27H,4-6,10-11,13-14,16-17H2,1-3H3,(H3,26,28,29,30)/t18-/m0/s1. The second-order valence-corrected chi connectivity index (χ2v) is 8.97. The number of nitrogens with zero attached hydrogens (tertiary/aromatic N) is 4. The molecule has 3 heterocycles. The number of aromatic nitrogens is 3. The fourth-order valence-electron chi connectivity index (χ4n) is 4.54. The van der Waals surface area contributed by atoms with Crippen molar-refractivity contribution in [1.29, 1.82) is 0 Å². The number of benzene rings is 1. The molecule has 0 radical (unpaired) electrons. The van der Waals surface area contributed by atoms with Crippen molar-refractivity contribution in [3.05, 3.63) is 41.6 Å². The van der Waals surface area contributed by atoms with Gasteiger partial charge in [-0.2, -0.15) is 4.98 Å². The van der Waals surface area contributed by atoms with Gasteiger partial charge in [-0.3, -0.25) is 4.90 Å². The summed E-state index contributed by atoms with van der Waals surface area (Å²) in [5.41, 5.74) is 10.3. The smallest absolute Gasteiger partial charge is 0.222 e. The van der Waals surface area contributed by atoms with Crippen molar-refractivity contribution in [2.24, 2.45) is 0 Å². The molecule has 8 nitrogen and oxygen atoms in total. The van der Waals surface area contributed by atoms with E-state index in [1.165, 1.54) is 18.4 Å². The van der Waals surface area contributed by atoms with Gasteiger partial charge in [0.2, 0.25) is 5.95 Å². The van der Waals surface area contributed by atoms with Gasteiger partial charge in [0.25, 0.3) is 0 Å². The number of nitrogens with two attached hydrogens (primary N) is 1. The highest BCUT2D eigenvalue weighted by atomic mass is 16.5. The minimum Gasteiger partial charge on any atom is -0.496 e. The highest BCUT2D eigenvalue weighted by Gasteiger charge is 2.16. The Morgan fingerprint density at radius 2 is 2.00 bits per heavy atom. The van der Waals surface area contributed by atoms with Gasteiger partial charge in [-0.05, 0) is 37.1 Å². The molecule has 0 bridgehead atoms. The van der Waals surface area contributed by atoms with Gasteiger partial charge in [-0.15, -0.1) is 0 Å². The van der Waals surface area contributed by atoms with Gasteiger partial charge in [0.05, 0.1) is 19.2 Å².